The summed E-state index contributed by atoms with van der Waals surface area (Å²) in [5, 5.41) is 6.35. The third-order valence-electron chi connectivity index (χ3n) is 3.52. The summed E-state index contributed by atoms with van der Waals surface area (Å²) in [6, 6.07) is 10.3. The fourth-order valence-corrected chi connectivity index (χ4v) is 2.42. The summed E-state index contributed by atoms with van der Waals surface area (Å²) in [5.41, 5.74) is 1.13. The fourth-order valence-electron chi connectivity index (χ4n) is 2.16. The molecular weight excluding hydrogens is 416 g/mol. The Labute approximate surface area is 163 Å². The van der Waals surface area contributed by atoms with E-state index in [1.807, 2.05) is 0 Å². The molecule has 0 aliphatic heterocycles. The van der Waals surface area contributed by atoms with Gasteiger partial charge in [0.05, 0.1) is 0 Å². The quantitative estimate of drug-likeness (QED) is 0.598. The zero-order valence-corrected chi connectivity index (χ0v) is 15.8. The second-order valence-corrected chi connectivity index (χ2v) is 6.44. The number of carbonyl (C=O) groups is 2. The van der Waals surface area contributed by atoms with Gasteiger partial charge in [0.2, 0.25) is 5.82 Å². The van der Waals surface area contributed by atoms with Gasteiger partial charge in [-0.1, -0.05) is 21.1 Å². The van der Waals surface area contributed by atoms with Gasteiger partial charge in [0.15, 0.2) is 6.10 Å². The van der Waals surface area contributed by atoms with Crippen molar-refractivity contribution in [3.63, 3.8) is 0 Å². The van der Waals surface area contributed by atoms with Gasteiger partial charge in [-0.15, -0.1) is 0 Å². The van der Waals surface area contributed by atoms with E-state index in [1.165, 1.54) is 0 Å². The summed E-state index contributed by atoms with van der Waals surface area (Å²) >= 11 is 3.29. The number of hydrogen-bond acceptors (Lipinski definition) is 7. The molecule has 3 aromatic rings. The van der Waals surface area contributed by atoms with Crippen LogP contribution in [-0.4, -0.2) is 33.5 Å². The molecule has 1 unspecified atom stereocenters. The Balaban J connectivity index is 1.52. The van der Waals surface area contributed by atoms with Gasteiger partial charge in [-0.2, -0.15) is 4.98 Å². The first-order valence-electron chi connectivity index (χ1n) is 8.00. The molecule has 0 saturated heterocycles. The normalized spacial score (nSPS) is 11.6. The third-order valence-corrected chi connectivity index (χ3v) is 4.05. The Hall–Kier alpha value is -3.07. The van der Waals surface area contributed by atoms with Gasteiger partial charge in [-0.25, -0.2) is 0 Å². The molecule has 0 aliphatic rings. The van der Waals surface area contributed by atoms with E-state index in [0.717, 1.165) is 4.47 Å². The van der Waals surface area contributed by atoms with E-state index in [1.54, 1.807) is 55.7 Å². The number of halogens is 1. The van der Waals surface area contributed by atoms with E-state index in [2.05, 4.69) is 36.4 Å². The molecule has 9 heteroatoms. The number of benzene rings is 1. The van der Waals surface area contributed by atoms with Crippen molar-refractivity contribution in [2.24, 2.45) is 0 Å². The second-order valence-electron chi connectivity index (χ2n) is 5.52. The summed E-state index contributed by atoms with van der Waals surface area (Å²) < 4.78 is 11.2. The van der Waals surface area contributed by atoms with E-state index in [-0.39, 0.29) is 18.3 Å². The second kappa shape index (κ2) is 8.54. The number of rotatable bonds is 6. The molecule has 2 heterocycles. The smallest absolute Gasteiger partial charge is 0.326 e. The van der Waals surface area contributed by atoms with Crippen molar-refractivity contribution >= 4 is 27.8 Å². The number of pyridine rings is 1. The van der Waals surface area contributed by atoms with Crippen molar-refractivity contribution in [1.82, 2.24) is 20.4 Å². The summed E-state index contributed by atoms with van der Waals surface area (Å²) in [6.45, 7) is 1.33. The number of nitrogens with one attached hydrogen (secondary N) is 1. The lowest BCUT2D eigenvalue weighted by Crippen LogP contribution is -2.31. The van der Waals surface area contributed by atoms with Crippen LogP contribution in [-0.2, 0) is 9.53 Å². The molecule has 0 fully saturated rings. The van der Waals surface area contributed by atoms with Crippen LogP contribution in [0.3, 0.4) is 0 Å². The number of carbonyl (C=O) groups excluding carboxylic acids is 2. The molecule has 8 nitrogen and oxygen atoms in total. The lowest BCUT2D eigenvalue weighted by atomic mass is 10.2. The number of amides is 1. The molecule has 1 atom stereocenters. The molecule has 2 aromatic heterocycles. The van der Waals surface area contributed by atoms with Crippen molar-refractivity contribution in [1.29, 1.82) is 0 Å². The molecule has 1 N–H and O–H groups in total. The van der Waals surface area contributed by atoms with E-state index >= 15 is 0 Å². The summed E-state index contributed by atoms with van der Waals surface area (Å²) in [5.74, 6) is -0.483. The van der Waals surface area contributed by atoms with Gasteiger partial charge in [0.25, 0.3) is 11.8 Å². The monoisotopic (exact) mass is 430 g/mol. The van der Waals surface area contributed by atoms with E-state index in [4.69, 9.17) is 9.26 Å². The molecule has 1 amide bonds. The maximum atomic E-state index is 12.0. The highest BCUT2D eigenvalue weighted by Gasteiger charge is 2.19. The van der Waals surface area contributed by atoms with Crippen LogP contribution in [0.25, 0.3) is 11.4 Å². The van der Waals surface area contributed by atoms with Crippen LogP contribution in [0.2, 0.25) is 0 Å². The van der Waals surface area contributed by atoms with Gasteiger partial charge < -0.3 is 14.6 Å². The van der Waals surface area contributed by atoms with Gasteiger partial charge >= 0.3 is 5.97 Å². The molecule has 0 bridgehead atoms. The summed E-state index contributed by atoms with van der Waals surface area (Å²) in [7, 11) is 0. The first kappa shape index (κ1) is 18.7. The van der Waals surface area contributed by atoms with E-state index in [9.17, 15) is 9.59 Å². The Kier molecular flexibility index (Phi) is 5.92. The van der Waals surface area contributed by atoms with Crippen LogP contribution in [0.5, 0.6) is 0 Å². The van der Waals surface area contributed by atoms with Crippen molar-refractivity contribution in [2.45, 2.75) is 13.0 Å². The van der Waals surface area contributed by atoms with Gasteiger partial charge in [-0.3, -0.25) is 14.6 Å². The topological polar surface area (TPSA) is 107 Å². The predicted molar refractivity (Wildman–Crippen MR) is 98.5 cm³/mol. The SMILES string of the molecule is CC(OC(=O)CNC(=O)c1ccc(Br)cc1)c1nc(-c2cccnc2)no1. The standard InChI is InChI=1S/C18H15BrN4O4/c1-11(18-22-16(23-27-18)13-3-2-8-20-9-13)26-15(24)10-21-17(25)12-4-6-14(19)7-5-12/h2-9,11H,10H2,1H3,(H,21,25). The van der Waals surface area contributed by atoms with E-state index < -0.39 is 12.1 Å². The number of nitrogens with zero attached hydrogens (tertiary/aromatic N) is 3. The van der Waals surface area contributed by atoms with Crippen LogP contribution in [0.4, 0.5) is 0 Å². The maximum Gasteiger partial charge on any atom is 0.326 e. The molecule has 0 saturated carbocycles. The Morgan fingerprint density at radius 3 is 2.74 bits per heavy atom. The fraction of sp³-hybridized carbons (Fsp3) is 0.167. The minimum Gasteiger partial charge on any atom is -0.451 e. The van der Waals surface area contributed by atoms with Crippen molar-refractivity contribution < 1.29 is 18.8 Å². The number of hydrogen-bond donors (Lipinski definition) is 1. The first-order chi connectivity index (χ1) is 13.0. The predicted octanol–water partition coefficient (Wildman–Crippen LogP) is 2.93. The highest BCUT2D eigenvalue weighted by atomic mass is 79.9. The van der Waals surface area contributed by atoms with Gasteiger partial charge in [-0.05, 0) is 43.3 Å². The summed E-state index contributed by atoms with van der Waals surface area (Å²) in [4.78, 5) is 32.1. The van der Waals surface area contributed by atoms with Crippen LogP contribution in [0.15, 0.2) is 57.8 Å². The molecule has 27 heavy (non-hydrogen) atoms. The van der Waals surface area contributed by atoms with Crippen LogP contribution in [0.1, 0.15) is 29.3 Å². The van der Waals surface area contributed by atoms with Gasteiger partial charge in [0.1, 0.15) is 6.54 Å². The Morgan fingerprint density at radius 2 is 2.04 bits per heavy atom. The first-order valence-corrected chi connectivity index (χ1v) is 8.79. The Morgan fingerprint density at radius 1 is 1.26 bits per heavy atom. The number of ether oxygens (including phenoxy) is 1. The van der Waals surface area contributed by atoms with Crippen LogP contribution in [0, 0.1) is 0 Å². The van der Waals surface area contributed by atoms with Crippen LogP contribution < -0.4 is 5.32 Å². The highest BCUT2D eigenvalue weighted by Crippen LogP contribution is 2.19. The lowest BCUT2D eigenvalue weighted by Gasteiger charge is -2.10. The average Bonchev–Trinajstić information content (AvgIpc) is 3.18. The number of aromatic nitrogens is 3. The molecule has 0 spiro atoms. The van der Waals surface area contributed by atoms with Crippen molar-refractivity contribution in [3.8, 4) is 11.4 Å². The number of esters is 1. The van der Waals surface area contributed by atoms with Crippen molar-refractivity contribution in [3.05, 3.63) is 64.7 Å². The van der Waals surface area contributed by atoms with Crippen LogP contribution >= 0.6 is 15.9 Å². The third kappa shape index (κ3) is 4.98. The summed E-state index contributed by atoms with van der Waals surface area (Å²) in [6.07, 6.45) is 2.49. The molecule has 0 aliphatic carbocycles. The molecular formula is C18H15BrN4O4. The Bertz CT molecular complexity index is 928. The zero-order valence-electron chi connectivity index (χ0n) is 14.3. The molecule has 3 rings (SSSR count). The largest absolute Gasteiger partial charge is 0.451 e. The molecule has 138 valence electrons. The van der Waals surface area contributed by atoms with Gasteiger partial charge in [0, 0.05) is 28.0 Å². The molecule has 1 aromatic carbocycles. The van der Waals surface area contributed by atoms with Crippen molar-refractivity contribution in [2.75, 3.05) is 6.54 Å². The zero-order chi connectivity index (χ0) is 19.2. The minimum absolute atomic E-state index is 0.154. The average molecular weight is 431 g/mol. The highest BCUT2D eigenvalue weighted by molar-refractivity contribution is 9.10. The minimum atomic E-state index is -0.750. The van der Waals surface area contributed by atoms with E-state index in [0.29, 0.717) is 17.0 Å². The molecule has 0 radical (unpaired) electrons. The maximum absolute atomic E-state index is 12.0. The lowest BCUT2D eigenvalue weighted by molar-refractivity contribution is -0.148.